The minimum Gasteiger partial charge on any atom is -0.467 e. The number of ether oxygens (including phenoxy) is 6. The molecule has 2 aromatic rings. The van der Waals surface area contributed by atoms with E-state index in [1.165, 1.54) is 21.0 Å². The molecule has 1 heterocycles. The number of hydrogen-bond donors (Lipinski definition) is 2. The van der Waals surface area contributed by atoms with E-state index in [0.29, 0.717) is 0 Å². The van der Waals surface area contributed by atoms with E-state index < -0.39 is 72.4 Å². The van der Waals surface area contributed by atoms with Crippen molar-refractivity contribution in [2.24, 2.45) is 0 Å². The first-order valence-electron chi connectivity index (χ1n) is 16.1. The van der Waals surface area contributed by atoms with Crippen molar-refractivity contribution in [2.75, 3.05) is 20.3 Å². The second-order valence-corrected chi connectivity index (χ2v) is 11.9. The summed E-state index contributed by atoms with van der Waals surface area (Å²) in [5.74, 6) is -3.36. The Labute approximate surface area is 289 Å². The molecule has 1 fully saturated rings. The molecule has 14 nitrogen and oxygen atoms in total. The van der Waals surface area contributed by atoms with Crippen LogP contribution in [-0.2, 0) is 52.4 Å². The number of carbonyl (C=O) groups is 6. The fraction of sp³-hybridized carbons (Fsp3) is 0.444. The largest absolute Gasteiger partial charge is 0.467 e. The van der Waals surface area contributed by atoms with Crippen LogP contribution >= 0.6 is 0 Å². The average molecular weight is 695 g/mol. The van der Waals surface area contributed by atoms with Crippen molar-refractivity contribution < 1.29 is 57.2 Å². The minimum atomic E-state index is -1.21. The van der Waals surface area contributed by atoms with Crippen molar-refractivity contribution >= 4 is 35.9 Å². The SMILES string of the molecule is COC(=O)[C@H](C/C=C/C[C@H]1O[C@H](COC(C)=O)[C@@H](OC(C)=O)[C@H](OC(C)=O)[C@H]1NC(C)=O)NC(=O)OCC1c2ccccc2-c2ccccc21. The summed E-state index contributed by atoms with van der Waals surface area (Å²) in [6, 6.07) is 13.8. The van der Waals surface area contributed by atoms with Gasteiger partial charge in [-0.15, -0.1) is 0 Å². The van der Waals surface area contributed by atoms with Gasteiger partial charge in [0.1, 0.15) is 25.4 Å². The molecule has 2 amide bonds. The number of esters is 4. The molecule has 0 radical (unpaired) electrons. The Kier molecular flexibility index (Phi) is 13.1. The van der Waals surface area contributed by atoms with Crippen LogP contribution in [0.2, 0.25) is 0 Å². The lowest BCUT2D eigenvalue weighted by atomic mass is 9.90. The van der Waals surface area contributed by atoms with Crippen molar-refractivity contribution in [3.05, 3.63) is 71.8 Å². The predicted octanol–water partition coefficient (Wildman–Crippen LogP) is 3.10. The molecule has 0 bridgehead atoms. The van der Waals surface area contributed by atoms with Gasteiger partial charge in [0.05, 0.1) is 19.3 Å². The average Bonchev–Trinajstić information content (AvgIpc) is 3.39. The summed E-state index contributed by atoms with van der Waals surface area (Å²) in [5.41, 5.74) is 4.25. The van der Waals surface area contributed by atoms with E-state index in [2.05, 4.69) is 10.6 Å². The number of carbonyl (C=O) groups excluding carboxylic acids is 6. The summed E-state index contributed by atoms with van der Waals surface area (Å²) in [4.78, 5) is 73.4. The Balaban J connectivity index is 1.44. The van der Waals surface area contributed by atoms with E-state index in [0.717, 1.165) is 36.1 Å². The molecular formula is C36H42N2O12. The fourth-order valence-corrected chi connectivity index (χ4v) is 6.23. The van der Waals surface area contributed by atoms with E-state index in [1.807, 2.05) is 48.5 Å². The molecule has 2 N–H and O–H groups in total. The minimum absolute atomic E-state index is 0.00865. The van der Waals surface area contributed by atoms with E-state index in [-0.39, 0.29) is 32.0 Å². The second kappa shape index (κ2) is 17.4. The van der Waals surface area contributed by atoms with Crippen LogP contribution in [-0.4, -0.2) is 92.7 Å². The molecule has 0 unspecified atom stereocenters. The lowest BCUT2D eigenvalue weighted by Gasteiger charge is -2.45. The fourth-order valence-electron chi connectivity index (χ4n) is 6.23. The highest BCUT2D eigenvalue weighted by Crippen LogP contribution is 2.44. The lowest BCUT2D eigenvalue weighted by molar-refractivity contribution is -0.223. The van der Waals surface area contributed by atoms with Crippen LogP contribution in [0.1, 0.15) is 57.6 Å². The Morgan fingerprint density at radius 3 is 1.92 bits per heavy atom. The third kappa shape index (κ3) is 9.68. The van der Waals surface area contributed by atoms with Gasteiger partial charge in [0.15, 0.2) is 12.2 Å². The van der Waals surface area contributed by atoms with E-state index >= 15 is 0 Å². The summed E-state index contributed by atoms with van der Waals surface area (Å²) in [6.45, 7) is 4.51. The molecule has 268 valence electrons. The first-order chi connectivity index (χ1) is 23.9. The van der Waals surface area contributed by atoms with Crippen molar-refractivity contribution in [1.82, 2.24) is 10.6 Å². The van der Waals surface area contributed by atoms with Gasteiger partial charge in [-0.1, -0.05) is 60.7 Å². The van der Waals surface area contributed by atoms with Gasteiger partial charge < -0.3 is 39.1 Å². The number of methoxy groups -OCH3 is 1. The molecule has 2 aromatic carbocycles. The maximum Gasteiger partial charge on any atom is 0.407 e. The molecule has 2 aliphatic rings. The van der Waals surface area contributed by atoms with Crippen LogP contribution in [0, 0.1) is 0 Å². The molecule has 50 heavy (non-hydrogen) atoms. The van der Waals surface area contributed by atoms with Gasteiger partial charge in [0, 0.05) is 33.6 Å². The first kappa shape index (κ1) is 37.6. The summed E-state index contributed by atoms with van der Waals surface area (Å²) < 4.78 is 32.7. The molecule has 0 aromatic heterocycles. The maximum atomic E-state index is 12.9. The molecule has 14 heteroatoms. The normalized spacial score (nSPS) is 21.6. The Morgan fingerprint density at radius 1 is 0.760 bits per heavy atom. The molecule has 6 atom stereocenters. The van der Waals surface area contributed by atoms with Crippen LogP contribution < -0.4 is 10.6 Å². The van der Waals surface area contributed by atoms with Crippen molar-refractivity contribution in [1.29, 1.82) is 0 Å². The first-order valence-corrected chi connectivity index (χ1v) is 16.1. The smallest absolute Gasteiger partial charge is 0.407 e. The zero-order chi connectivity index (χ0) is 36.4. The number of fused-ring (bicyclic) bond motifs is 3. The van der Waals surface area contributed by atoms with Crippen LogP contribution in [0.15, 0.2) is 60.7 Å². The number of alkyl carbamates (subject to hydrolysis) is 1. The predicted molar refractivity (Wildman–Crippen MR) is 176 cm³/mol. The molecule has 4 rings (SSSR count). The van der Waals surface area contributed by atoms with Crippen molar-refractivity contribution in [3.8, 4) is 11.1 Å². The van der Waals surface area contributed by atoms with E-state index in [4.69, 9.17) is 28.4 Å². The van der Waals surface area contributed by atoms with Crippen LogP contribution in [0.4, 0.5) is 4.79 Å². The Morgan fingerprint density at radius 2 is 1.36 bits per heavy atom. The van der Waals surface area contributed by atoms with Gasteiger partial charge in [-0.05, 0) is 35.1 Å². The highest BCUT2D eigenvalue weighted by atomic mass is 16.6. The number of nitrogens with one attached hydrogen (secondary N) is 2. The number of hydrogen-bond acceptors (Lipinski definition) is 12. The third-order valence-corrected chi connectivity index (χ3v) is 8.25. The van der Waals surface area contributed by atoms with E-state index in [1.54, 1.807) is 12.2 Å². The van der Waals surface area contributed by atoms with Crippen molar-refractivity contribution in [2.45, 2.75) is 83.0 Å². The molecule has 0 spiro atoms. The summed E-state index contributed by atoms with van der Waals surface area (Å²) in [7, 11) is 1.20. The number of benzene rings is 2. The Bertz CT molecular complexity index is 1560. The van der Waals surface area contributed by atoms with Gasteiger partial charge in [0.25, 0.3) is 0 Å². The Hall–Kier alpha value is -5.24. The monoisotopic (exact) mass is 694 g/mol. The van der Waals surface area contributed by atoms with Gasteiger partial charge in [0.2, 0.25) is 5.91 Å². The lowest BCUT2D eigenvalue weighted by Crippen LogP contribution is -2.66. The highest BCUT2D eigenvalue weighted by Gasteiger charge is 2.50. The zero-order valence-electron chi connectivity index (χ0n) is 28.5. The summed E-state index contributed by atoms with van der Waals surface area (Å²) in [6.07, 6.45) is -1.74. The summed E-state index contributed by atoms with van der Waals surface area (Å²) in [5, 5.41) is 5.28. The van der Waals surface area contributed by atoms with Crippen LogP contribution in [0.5, 0.6) is 0 Å². The second-order valence-electron chi connectivity index (χ2n) is 11.9. The van der Waals surface area contributed by atoms with Crippen LogP contribution in [0.25, 0.3) is 11.1 Å². The molecular weight excluding hydrogens is 652 g/mol. The number of rotatable bonds is 13. The highest BCUT2D eigenvalue weighted by molar-refractivity contribution is 5.82. The van der Waals surface area contributed by atoms with Crippen LogP contribution in [0.3, 0.4) is 0 Å². The standard InChI is InChI=1S/C36H42N2O12/c1-20(39)37-32-30(50-31(19-46-21(2)40)33(48-22(3)41)34(32)49-23(4)42)17-11-10-16-29(35(43)45-5)38-36(44)47-18-28-26-14-8-6-12-24(26)25-13-7-9-15-27(25)28/h6-15,28-34H,16-19H2,1-5H3,(H,37,39)(H,38,44)/b11-10+/t29-,30+,31+,32-,33+,34+/m0/s1. The molecule has 1 saturated heterocycles. The van der Waals surface area contributed by atoms with Crippen molar-refractivity contribution in [3.63, 3.8) is 0 Å². The topological polar surface area (TPSA) is 182 Å². The van der Waals surface area contributed by atoms with Gasteiger partial charge in [-0.3, -0.25) is 19.2 Å². The summed E-state index contributed by atoms with van der Waals surface area (Å²) >= 11 is 0. The third-order valence-electron chi connectivity index (χ3n) is 8.25. The molecule has 0 saturated carbocycles. The quantitative estimate of drug-likeness (QED) is 0.178. The number of amides is 2. The molecule has 1 aliphatic heterocycles. The maximum absolute atomic E-state index is 12.9. The van der Waals surface area contributed by atoms with Gasteiger partial charge in [-0.25, -0.2) is 9.59 Å². The van der Waals surface area contributed by atoms with Gasteiger partial charge in [-0.2, -0.15) is 0 Å². The zero-order valence-corrected chi connectivity index (χ0v) is 28.5. The van der Waals surface area contributed by atoms with Gasteiger partial charge >= 0.3 is 30.0 Å². The molecule has 1 aliphatic carbocycles. The van der Waals surface area contributed by atoms with E-state index in [9.17, 15) is 28.8 Å².